The van der Waals surface area contributed by atoms with Crippen LogP contribution in [0.5, 0.6) is 11.6 Å². The molecule has 6 heteroatoms. The van der Waals surface area contributed by atoms with E-state index in [4.69, 9.17) is 9.47 Å². The van der Waals surface area contributed by atoms with E-state index in [1.165, 1.54) is 6.33 Å². The van der Waals surface area contributed by atoms with Gasteiger partial charge in [0.05, 0.1) is 18.0 Å². The summed E-state index contributed by atoms with van der Waals surface area (Å²) in [6.45, 7) is 0.351. The molecule has 0 N–H and O–H groups in total. The Morgan fingerprint density at radius 3 is 2.68 bits per heavy atom. The molecule has 2 aromatic carbocycles. The van der Waals surface area contributed by atoms with Crippen LogP contribution in [0.25, 0.3) is 10.9 Å². The normalized spacial score (nSPS) is 10.5. The second-order valence-corrected chi connectivity index (χ2v) is 5.55. The zero-order chi connectivity index (χ0) is 17.6. The Hall–Kier alpha value is -3.15. The van der Waals surface area contributed by atoms with Crippen molar-refractivity contribution in [3.8, 4) is 11.6 Å². The number of nitrogens with zero attached hydrogens (tertiary/aromatic N) is 3. The largest absolute Gasteiger partial charge is 0.496 e. The van der Waals surface area contributed by atoms with Crippen molar-refractivity contribution in [3.05, 3.63) is 60.4 Å². The number of hydrogen-bond donors (Lipinski definition) is 0. The molecule has 0 aliphatic rings. The molecular formula is C19H19N3O3. The van der Waals surface area contributed by atoms with Crippen molar-refractivity contribution in [2.24, 2.45) is 0 Å². The number of methoxy groups -OCH3 is 1. The van der Waals surface area contributed by atoms with Gasteiger partial charge in [-0.3, -0.25) is 4.79 Å². The summed E-state index contributed by atoms with van der Waals surface area (Å²) in [5.41, 5.74) is 1.72. The highest BCUT2D eigenvalue weighted by Crippen LogP contribution is 2.21. The Kier molecular flexibility index (Phi) is 5.09. The molecule has 0 spiro atoms. The molecule has 1 amide bonds. The smallest absolute Gasteiger partial charge is 0.260 e. The molecule has 1 heterocycles. The summed E-state index contributed by atoms with van der Waals surface area (Å²) in [6, 6.07) is 15.1. The molecule has 1 aromatic heterocycles. The van der Waals surface area contributed by atoms with E-state index in [0.717, 1.165) is 22.2 Å². The first-order valence-corrected chi connectivity index (χ1v) is 7.87. The first-order valence-electron chi connectivity index (χ1n) is 7.87. The lowest BCUT2D eigenvalue weighted by Crippen LogP contribution is -2.31. The van der Waals surface area contributed by atoms with E-state index in [-0.39, 0.29) is 12.5 Å². The van der Waals surface area contributed by atoms with Gasteiger partial charge in [0.15, 0.2) is 6.61 Å². The molecule has 0 radical (unpaired) electrons. The number of benzene rings is 2. The molecule has 0 saturated heterocycles. The van der Waals surface area contributed by atoms with Crippen molar-refractivity contribution in [2.75, 3.05) is 20.8 Å². The number of carbonyl (C=O) groups excluding carboxylic acids is 1. The Morgan fingerprint density at radius 2 is 1.84 bits per heavy atom. The highest BCUT2D eigenvalue weighted by atomic mass is 16.5. The lowest BCUT2D eigenvalue weighted by Gasteiger charge is -2.19. The zero-order valence-corrected chi connectivity index (χ0v) is 14.2. The lowest BCUT2D eigenvalue weighted by molar-refractivity contribution is -0.132. The van der Waals surface area contributed by atoms with Crippen molar-refractivity contribution >= 4 is 16.8 Å². The maximum absolute atomic E-state index is 12.4. The van der Waals surface area contributed by atoms with Crippen LogP contribution in [0, 0.1) is 0 Å². The Bertz CT molecular complexity index is 877. The van der Waals surface area contributed by atoms with E-state index in [1.807, 2.05) is 48.5 Å². The first kappa shape index (κ1) is 16.7. The van der Waals surface area contributed by atoms with Crippen LogP contribution in [-0.4, -0.2) is 41.5 Å². The molecule has 0 atom stereocenters. The molecule has 0 aliphatic heterocycles. The fourth-order valence-electron chi connectivity index (χ4n) is 2.51. The number of ether oxygens (including phenoxy) is 2. The molecule has 0 fully saturated rings. The predicted octanol–water partition coefficient (Wildman–Crippen LogP) is 2.68. The van der Waals surface area contributed by atoms with Gasteiger partial charge < -0.3 is 14.4 Å². The van der Waals surface area contributed by atoms with Crippen LogP contribution in [0.15, 0.2) is 54.9 Å². The molecule has 0 aliphatic carbocycles. The average Bonchev–Trinajstić information content (AvgIpc) is 2.66. The minimum atomic E-state index is -0.145. The van der Waals surface area contributed by atoms with Gasteiger partial charge in [-0.1, -0.05) is 30.3 Å². The van der Waals surface area contributed by atoms with E-state index >= 15 is 0 Å². The Balaban J connectivity index is 1.65. The molecule has 25 heavy (non-hydrogen) atoms. The third kappa shape index (κ3) is 3.85. The highest BCUT2D eigenvalue weighted by molar-refractivity contribution is 5.84. The molecule has 0 unspecified atom stereocenters. The fourth-order valence-corrected chi connectivity index (χ4v) is 2.51. The van der Waals surface area contributed by atoms with E-state index in [1.54, 1.807) is 19.1 Å². The highest BCUT2D eigenvalue weighted by Gasteiger charge is 2.14. The maximum Gasteiger partial charge on any atom is 0.260 e. The standard InChI is InChI=1S/C19H19N3O3/c1-22(11-14-7-3-6-10-17(14)24-2)18(23)12-25-19-15-8-4-5-9-16(15)20-13-21-19/h3-10,13H,11-12H2,1-2H3. The minimum Gasteiger partial charge on any atom is -0.496 e. The van der Waals surface area contributed by atoms with Gasteiger partial charge in [-0.2, -0.15) is 0 Å². The van der Waals surface area contributed by atoms with Crippen LogP contribution in [0.1, 0.15) is 5.56 Å². The SMILES string of the molecule is COc1ccccc1CN(C)C(=O)COc1ncnc2ccccc12. The number of carbonyl (C=O) groups is 1. The van der Waals surface area contributed by atoms with E-state index in [9.17, 15) is 4.79 Å². The molecule has 6 nitrogen and oxygen atoms in total. The van der Waals surface area contributed by atoms with Gasteiger partial charge in [0.2, 0.25) is 5.88 Å². The van der Waals surface area contributed by atoms with Crippen LogP contribution in [0.4, 0.5) is 0 Å². The number of aromatic nitrogens is 2. The van der Waals surface area contributed by atoms with Crippen LogP contribution < -0.4 is 9.47 Å². The minimum absolute atomic E-state index is 0.0906. The van der Waals surface area contributed by atoms with Crippen LogP contribution >= 0.6 is 0 Å². The van der Waals surface area contributed by atoms with E-state index in [0.29, 0.717) is 12.4 Å². The summed E-state index contributed by atoms with van der Waals surface area (Å²) >= 11 is 0. The topological polar surface area (TPSA) is 64.5 Å². The number of hydrogen-bond acceptors (Lipinski definition) is 5. The summed E-state index contributed by atoms with van der Waals surface area (Å²) in [5, 5.41) is 0.783. The third-order valence-corrected chi connectivity index (χ3v) is 3.86. The second kappa shape index (κ2) is 7.61. The third-order valence-electron chi connectivity index (χ3n) is 3.86. The number of amides is 1. The fraction of sp³-hybridized carbons (Fsp3) is 0.211. The van der Waals surface area contributed by atoms with Gasteiger partial charge in [-0.25, -0.2) is 9.97 Å². The first-order chi connectivity index (χ1) is 12.2. The van der Waals surface area contributed by atoms with Crippen molar-refractivity contribution < 1.29 is 14.3 Å². The lowest BCUT2D eigenvalue weighted by atomic mass is 10.2. The number of para-hydroxylation sites is 2. The van der Waals surface area contributed by atoms with Gasteiger partial charge >= 0.3 is 0 Å². The zero-order valence-electron chi connectivity index (χ0n) is 14.2. The molecule has 0 bridgehead atoms. The van der Waals surface area contributed by atoms with Crippen molar-refractivity contribution in [2.45, 2.75) is 6.54 Å². The van der Waals surface area contributed by atoms with Gasteiger partial charge in [-0.15, -0.1) is 0 Å². The van der Waals surface area contributed by atoms with Gasteiger partial charge in [0, 0.05) is 19.2 Å². The molecule has 3 rings (SSSR count). The van der Waals surface area contributed by atoms with E-state index in [2.05, 4.69) is 9.97 Å². The molecule has 128 valence electrons. The van der Waals surface area contributed by atoms with Crippen LogP contribution in [-0.2, 0) is 11.3 Å². The van der Waals surface area contributed by atoms with E-state index < -0.39 is 0 Å². The molecular weight excluding hydrogens is 318 g/mol. The summed E-state index contributed by atoms with van der Waals surface area (Å²) in [7, 11) is 3.35. The second-order valence-electron chi connectivity index (χ2n) is 5.55. The monoisotopic (exact) mass is 337 g/mol. The van der Waals surface area contributed by atoms with Crippen molar-refractivity contribution in [3.63, 3.8) is 0 Å². The van der Waals surface area contributed by atoms with Gasteiger partial charge in [-0.05, 0) is 18.2 Å². The summed E-state index contributed by atoms with van der Waals surface area (Å²) < 4.78 is 10.9. The number of likely N-dealkylation sites (N-methyl/N-ethyl adjacent to an activating group) is 1. The van der Waals surface area contributed by atoms with Crippen molar-refractivity contribution in [1.29, 1.82) is 0 Å². The Labute approximate surface area is 146 Å². The number of fused-ring (bicyclic) bond motifs is 1. The summed E-state index contributed by atoms with van der Waals surface area (Å²) in [5.74, 6) is 1.02. The van der Waals surface area contributed by atoms with Crippen LogP contribution in [0.3, 0.4) is 0 Å². The average molecular weight is 337 g/mol. The van der Waals surface area contributed by atoms with Crippen LogP contribution in [0.2, 0.25) is 0 Å². The number of rotatable bonds is 6. The predicted molar refractivity (Wildman–Crippen MR) is 94.5 cm³/mol. The Morgan fingerprint density at radius 1 is 1.08 bits per heavy atom. The van der Waals surface area contributed by atoms with Gasteiger partial charge in [0.25, 0.3) is 5.91 Å². The maximum atomic E-state index is 12.4. The van der Waals surface area contributed by atoms with Gasteiger partial charge in [0.1, 0.15) is 12.1 Å². The summed E-state index contributed by atoms with van der Waals surface area (Å²) in [6.07, 6.45) is 1.43. The molecule has 3 aromatic rings. The summed E-state index contributed by atoms with van der Waals surface area (Å²) in [4.78, 5) is 22.3. The van der Waals surface area contributed by atoms with Crippen molar-refractivity contribution in [1.82, 2.24) is 14.9 Å². The molecule has 0 saturated carbocycles. The quantitative estimate of drug-likeness (QED) is 0.692.